The van der Waals surface area contributed by atoms with Gasteiger partial charge in [-0.2, -0.15) is 0 Å². The SMILES string of the molecule is CCCCCCCCCCCCCCCCCC/C=C/CC/C=C/CCCC(O)C(O)C(CO)NC(=O)C(O)CCCCCCCCCCCCCCCCCCCCCCCCCCCCCCCCC. The summed E-state index contributed by atoms with van der Waals surface area (Å²) < 4.78 is 0. The van der Waals surface area contributed by atoms with Gasteiger partial charge in [-0.15, -0.1) is 0 Å². The summed E-state index contributed by atoms with van der Waals surface area (Å²) in [4.78, 5) is 12.6. The van der Waals surface area contributed by atoms with Crippen LogP contribution in [-0.2, 0) is 4.79 Å². The van der Waals surface area contributed by atoms with Crippen LogP contribution in [0.5, 0.6) is 0 Å². The molecule has 0 aliphatic rings. The first-order valence-corrected chi connectivity index (χ1v) is 32.7. The lowest BCUT2D eigenvalue weighted by molar-refractivity contribution is -0.132. The molecule has 5 N–H and O–H groups in total. The van der Waals surface area contributed by atoms with Crippen LogP contribution in [0, 0.1) is 0 Å². The van der Waals surface area contributed by atoms with Crippen LogP contribution >= 0.6 is 0 Å². The van der Waals surface area contributed by atoms with E-state index < -0.39 is 36.9 Å². The van der Waals surface area contributed by atoms with Gasteiger partial charge in [0, 0.05) is 0 Å². The van der Waals surface area contributed by atoms with Gasteiger partial charge in [-0.25, -0.2) is 0 Å². The van der Waals surface area contributed by atoms with Gasteiger partial charge in [-0.3, -0.25) is 4.79 Å². The van der Waals surface area contributed by atoms with E-state index in [2.05, 4.69) is 43.5 Å². The molecule has 6 nitrogen and oxygen atoms in total. The average Bonchev–Trinajstić information content (AvgIpc) is 3.39. The lowest BCUT2D eigenvalue weighted by atomic mass is 10.00. The van der Waals surface area contributed by atoms with Gasteiger partial charge < -0.3 is 25.7 Å². The number of rotatable bonds is 61. The monoisotopic (exact) mass is 1020 g/mol. The number of carbonyl (C=O) groups excluding carboxylic acids is 1. The summed E-state index contributed by atoms with van der Waals surface area (Å²) in [5, 5.41) is 44.1. The predicted octanol–water partition coefficient (Wildman–Crippen LogP) is 19.8. The van der Waals surface area contributed by atoms with Crippen molar-refractivity contribution in [1.29, 1.82) is 0 Å². The molecule has 428 valence electrons. The minimum absolute atomic E-state index is 0.365. The van der Waals surface area contributed by atoms with E-state index >= 15 is 0 Å². The van der Waals surface area contributed by atoms with Crippen LogP contribution < -0.4 is 5.32 Å². The van der Waals surface area contributed by atoms with Crippen molar-refractivity contribution in [2.75, 3.05) is 6.61 Å². The Balaban J connectivity index is 3.59. The largest absolute Gasteiger partial charge is 0.394 e. The lowest BCUT2D eigenvalue weighted by Crippen LogP contribution is -2.53. The van der Waals surface area contributed by atoms with Crippen molar-refractivity contribution in [1.82, 2.24) is 5.32 Å². The molecule has 4 unspecified atom stereocenters. The molecule has 0 aliphatic carbocycles. The van der Waals surface area contributed by atoms with Crippen LogP contribution in [0.25, 0.3) is 0 Å². The van der Waals surface area contributed by atoms with Gasteiger partial charge in [0.25, 0.3) is 0 Å². The maximum Gasteiger partial charge on any atom is 0.249 e. The van der Waals surface area contributed by atoms with Crippen molar-refractivity contribution in [3.63, 3.8) is 0 Å². The Morgan fingerprint density at radius 2 is 0.583 bits per heavy atom. The molecule has 0 saturated carbocycles. The molecule has 0 aromatic heterocycles. The number of carbonyl (C=O) groups is 1. The molecule has 4 atom stereocenters. The number of aliphatic hydroxyl groups excluding tert-OH is 4. The Morgan fingerprint density at radius 3 is 0.875 bits per heavy atom. The number of hydrogen-bond acceptors (Lipinski definition) is 5. The number of allylic oxidation sites excluding steroid dienone is 4. The predicted molar refractivity (Wildman–Crippen MR) is 316 cm³/mol. The number of nitrogens with one attached hydrogen (secondary N) is 1. The Hall–Kier alpha value is -1.21. The van der Waals surface area contributed by atoms with E-state index in [0.717, 1.165) is 38.5 Å². The normalized spacial score (nSPS) is 13.7. The third-order valence-electron chi connectivity index (χ3n) is 15.6. The van der Waals surface area contributed by atoms with Crippen molar-refractivity contribution in [2.45, 2.75) is 385 Å². The molecule has 0 radical (unpaired) electrons. The van der Waals surface area contributed by atoms with Crippen LogP contribution in [0.4, 0.5) is 0 Å². The van der Waals surface area contributed by atoms with Gasteiger partial charge in [-0.05, 0) is 51.4 Å². The molecule has 0 bridgehead atoms. The van der Waals surface area contributed by atoms with Crippen molar-refractivity contribution in [2.24, 2.45) is 0 Å². The lowest BCUT2D eigenvalue weighted by Gasteiger charge is -2.27. The number of aliphatic hydroxyl groups is 4. The van der Waals surface area contributed by atoms with Gasteiger partial charge in [0.05, 0.1) is 18.8 Å². The second-order valence-electron chi connectivity index (χ2n) is 22.8. The fraction of sp³-hybridized carbons (Fsp3) is 0.924. The zero-order chi connectivity index (χ0) is 52.3. The highest BCUT2D eigenvalue weighted by Gasteiger charge is 2.28. The first-order valence-electron chi connectivity index (χ1n) is 32.7. The van der Waals surface area contributed by atoms with Crippen LogP contribution in [0.2, 0.25) is 0 Å². The molecule has 0 aromatic rings. The molecule has 0 aliphatic heterocycles. The molecular weight excluding hydrogens is 887 g/mol. The summed E-state index contributed by atoms with van der Waals surface area (Å²) in [6.45, 7) is 4.09. The minimum Gasteiger partial charge on any atom is -0.394 e. The second kappa shape index (κ2) is 60.7. The molecule has 0 rings (SSSR count). The minimum atomic E-state index is -1.29. The van der Waals surface area contributed by atoms with Gasteiger partial charge >= 0.3 is 0 Å². The molecule has 0 heterocycles. The highest BCUT2D eigenvalue weighted by Crippen LogP contribution is 2.19. The first-order chi connectivity index (χ1) is 35.5. The van der Waals surface area contributed by atoms with Crippen LogP contribution in [0.1, 0.15) is 361 Å². The summed E-state index contributed by atoms with van der Waals surface area (Å²) >= 11 is 0. The fourth-order valence-corrected chi connectivity index (χ4v) is 10.5. The average molecular weight is 1020 g/mol. The van der Waals surface area contributed by atoms with E-state index in [1.807, 2.05) is 0 Å². The topological polar surface area (TPSA) is 110 Å². The third-order valence-corrected chi connectivity index (χ3v) is 15.6. The van der Waals surface area contributed by atoms with Crippen molar-refractivity contribution < 1.29 is 25.2 Å². The smallest absolute Gasteiger partial charge is 0.249 e. The van der Waals surface area contributed by atoms with Crippen molar-refractivity contribution in [3.8, 4) is 0 Å². The highest BCUT2D eigenvalue weighted by molar-refractivity contribution is 5.80. The van der Waals surface area contributed by atoms with Gasteiger partial charge in [0.2, 0.25) is 5.91 Å². The highest BCUT2D eigenvalue weighted by atomic mass is 16.3. The summed E-state index contributed by atoms with van der Waals surface area (Å²) in [5.74, 6) is -0.590. The van der Waals surface area contributed by atoms with E-state index in [9.17, 15) is 25.2 Å². The molecule has 6 heteroatoms. The molecular formula is C66H129NO5. The first kappa shape index (κ1) is 70.8. The molecule has 72 heavy (non-hydrogen) atoms. The van der Waals surface area contributed by atoms with Crippen LogP contribution in [0.3, 0.4) is 0 Å². The van der Waals surface area contributed by atoms with E-state index in [-0.39, 0.29) is 0 Å². The van der Waals surface area contributed by atoms with Crippen molar-refractivity contribution >= 4 is 5.91 Å². The van der Waals surface area contributed by atoms with Crippen molar-refractivity contribution in [3.05, 3.63) is 24.3 Å². The molecule has 0 fully saturated rings. The Bertz CT molecular complexity index is 1100. The van der Waals surface area contributed by atoms with E-state index in [0.29, 0.717) is 19.3 Å². The van der Waals surface area contributed by atoms with Gasteiger partial charge in [0.15, 0.2) is 0 Å². The number of hydrogen-bond donors (Lipinski definition) is 5. The standard InChI is InChI=1S/C66H129NO5/c1-3-5-7-9-11-13-15-17-19-21-23-25-27-29-30-31-32-33-34-36-38-40-42-44-46-48-50-52-54-56-58-60-64(70)66(72)67-62(61-68)65(71)63(69)59-57-55-53-51-49-47-45-43-41-39-37-35-28-26-24-22-20-18-16-14-12-10-8-6-4-2/h43,45,51,53,62-65,68-71H,3-42,44,46-50,52,54-61H2,1-2H3,(H,67,72)/b45-43+,53-51+. The quantitative estimate of drug-likeness (QED) is 0.0308. The molecule has 0 aromatic carbocycles. The second-order valence-corrected chi connectivity index (χ2v) is 22.8. The Labute approximate surface area is 450 Å². The van der Waals surface area contributed by atoms with Crippen LogP contribution in [-0.4, -0.2) is 57.3 Å². The fourth-order valence-electron chi connectivity index (χ4n) is 10.5. The van der Waals surface area contributed by atoms with Crippen LogP contribution in [0.15, 0.2) is 24.3 Å². The van der Waals surface area contributed by atoms with Gasteiger partial charge in [0.1, 0.15) is 12.2 Å². The molecule has 1 amide bonds. The Morgan fingerprint density at radius 1 is 0.333 bits per heavy atom. The zero-order valence-electron chi connectivity index (χ0n) is 48.7. The maximum absolute atomic E-state index is 12.6. The third kappa shape index (κ3) is 53.6. The molecule has 0 saturated heterocycles. The summed E-state index contributed by atoms with van der Waals surface area (Å²) in [6.07, 6.45) is 75.8. The van der Waals surface area contributed by atoms with E-state index in [4.69, 9.17) is 0 Å². The summed E-state index contributed by atoms with van der Waals surface area (Å²) in [6, 6.07) is -1.01. The van der Waals surface area contributed by atoms with E-state index in [1.54, 1.807) is 0 Å². The summed E-state index contributed by atoms with van der Waals surface area (Å²) in [5.41, 5.74) is 0. The van der Waals surface area contributed by atoms with E-state index in [1.165, 1.54) is 289 Å². The number of amides is 1. The summed E-state index contributed by atoms with van der Waals surface area (Å²) in [7, 11) is 0. The maximum atomic E-state index is 12.6. The zero-order valence-corrected chi connectivity index (χ0v) is 48.7. The number of unbranched alkanes of at least 4 members (excludes halogenated alkanes) is 48. The van der Waals surface area contributed by atoms with Gasteiger partial charge in [-0.1, -0.05) is 334 Å². The Kier molecular flexibility index (Phi) is 59.6. The molecule has 0 spiro atoms.